The van der Waals surface area contributed by atoms with Gasteiger partial charge in [0.2, 0.25) is 0 Å². The second kappa shape index (κ2) is 6.09. The van der Waals surface area contributed by atoms with Crippen molar-refractivity contribution in [3.05, 3.63) is 71.4 Å². The van der Waals surface area contributed by atoms with Gasteiger partial charge in [0.1, 0.15) is 5.70 Å². The van der Waals surface area contributed by atoms with Crippen LogP contribution in [0.3, 0.4) is 0 Å². The lowest BCUT2D eigenvalue weighted by molar-refractivity contribution is -0.113. The van der Waals surface area contributed by atoms with Crippen LogP contribution in [-0.4, -0.2) is 16.1 Å². The van der Waals surface area contributed by atoms with Crippen LogP contribution in [0.2, 0.25) is 0 Å². The van der Waals surface area contributed by atoms with Crippen LogP contribution in [0.25, 0.3) is 6.08 Å². The van der Waals surface area contributed by atoms with E-state index in [4.69, 9.17) is 12.2 Å². The lowest BCUT2D eigenvalue weighted by Crippen LogP contribution is -2.30. The summed E-state index contributed by atoms with van der Waals surface area (Å²) >= 11 is 5.26. The van der Waals surface area contributed by atoms with Crippen molar-refractivity contribution in [3.63, 3.8) is 0 Å². The molecule has 0 unspecified atom stereocenters. The molecule has 3 rings (SSSR count). The Hall–Kier alpha value is -2.50. The number of hydrogen-bond acceptors (Lipinski definition) is 3. The molecule has 22 heavy (non-hydrogen) atoms. The van der Waals surface area contributed by atoms with Gasteiger partial charge in [-0.1, -0.05) is 42.5 Å². The van der Waals surface area contributed by atoms with Crippen LogP contribution in [0.15, 0.2) is 60.3 Å². The number of aliphatic hydroxyl groups excluding tert-OH is 1. The van der Waals surface area contributed by atoms with E-state index < -0.39 is 0 Å². The first kappa shape index (κ1) is 14.4. The smallest absolute Gasteiger partial charge is 0.281 e. The van der Waals surface area contributed by atoms with Crippen LogP contribution < -0.4 is 10.2 Å². The molecule has 0 aliphatic carbocycles. The number of nitrogens with zero attached hydrogens (tertiary/aromatic N) is 1. The van der Waals surface area contributed by atoms with Crippen molar-refractivity contribution in [2.45, 2.75) is 6.61 Å². The second-order valence-corrected chi connectivity index (χ2v) is 5.21. The van der Waals surface area contributed by atoms with Gasteiger partial charge in [-0.3, -0.25) is 9.69 Å². The largest absolute Gasteiger partial charge is 0.392 e. The minimum Gasteiger partial charge on any atom is -0.392 e. The predicted octanol–water partition coefficient (Wildman–Crippen LogP) is 2.44. The number of thiocarbonyl (C=S) groups is 1. The zero-order chi connectivity index (χ0) is 15.5. The van der Waals surface area contributed by atoms with Gasteiger partial charge in [-0.2, -0.15) is 0 Å². The third kappa shape index (κ3) is 2.64. The van der Waals surface area contributed by atoms with Crippen molar-refractivity contribution in [1.29, 1.82) is 0 Å². The van der Waals surface area contributed by atoms with Gasteiger partial charge in [-0.05, 0) is 41.6 Å². The average molecular weight is 310 g/mol. The Kier molecular flexibility index (Phi) is 4.00. The molecule has 2 aromatic carbocycles. The highest BCUT2D eigenvalue weighted by atomic mass is 32.1. The van der Waals surface area contributed by atoms with Crippen LogP contribution in [0.5, 0.6) is 0 Å². The maximum Gasteiger partial charge on any atom is 0.281 e. The van der Waals surface area contributed by atoms with E-state index in [1.807, 2.05) is 54.6 Å². The van der Waals surface area contributed by atoms with Crippen LogP contribution in [-0.2, 0) is 11.4 Å². The Labute approximate surface area is 133 Å². The SMILES string of the molecule is O=C1/C(=C/c2ccccc2CO)NC(=S)N1c1ccccc1. The number of benzene rings is 2. The number of nitrogens with one attached hydrogen (secondary N) is 1. The molecule has 4 nitrogen and oxygen atoms in total. The number of aliphatic hydroxyl groups is 1. The van der Waals surface area contributed by atoms with E-state index in [0.717, 1.165) is 16.8 Å². The Morgan fingerprint density at radius 2 is 1.77 bits per heavy atom. The van der Waals surface area contributed by atoms with Crippen LogP contribution >= 0.6 is 12.2 Å². The molecule has 110 valence electrons. The highest BCUT2D eigenvalue weighted by molar-refractivity contribution is 7.80. The van der Waals surface area contributed by atoms with Gasteiger partial charge < -0.3 is 10.4 Å². The molecule has 5 heteroatoms. The lowest BCUT2D eigenvalue weighted by atomic mass is 10.1. The van der Waals surface area contributed by atoms with Gasteiger partial charge in [0, 0.05) is 0 Å². The first-order valence-corrected chi connectivity index (χ1v) is 7.22. The molecule has 0 radical (unpaired) electrons. The summed E-state index contributed by atoms with van der Waals surface area (Å²) in [5.41, 5.74) is 2.67. The molecule has 1 aliphatic heterocycles. The van der Waals surface area contributed by atoms with Crippen molar-refractivity contribution in [2.75, 3.05) is 4.90 Å². The molecule has 1 amide bonds. The fourth-order valence-electron chi connectivity index (χ4n) is 2.32. The molecule has 0 spiro atoms. The van der Waals surface area contributed by atoms with Gasteiger partial charge in [0.05, 0.1) is 12.3 Å². The summed E-state index contributed by atoms with van der Waals surface area (Å²) in [4.78, 5) is 14.0. The predicted molar refractivity (Wildman–Crippen MR) is 90.0 cm³/mol. The van der Waals surface area contributed by atoms with Crippen molar-refractivity contribution in [2.24, 2.45) is 0 Å². The molecule has 0 saturated carbocycles. The zero-order valence-electron chi connectivity index (χ0n) is 11.7. The molecule has 0 bridgehead atoms. The molecule has 0 aromatic heterocycles. The van der Waals surface area contributed by atoms with E-state index in [1.54, 1.807) is 6.08 Å². The maximum absolute atomic E-state index is 12.6. The Bertz CT molecular complexity index is 756. The highest BCUT2D eigenvalue weighted by Gasteiger charge is 2.31. The number of carbonyl (C=O) groups excluding carboxylic acids is 1. The molecule has 1 saturated heterocycles. The van der Waals surface area contributed by atoms with E-state index in [2.05, 4.69) is 5.32 Å². The van der Waals surface area contributed by atoms with Gasteiger partial charge in [0.25, 0.3) is 5.91 Å². The highest BCUT2D eigenvalue weighted by Crippen LogP contribution is 2.22. The number of carbonyl (C=O) groups is 1. The molecule has 2 aromatic rings. The first-order valence-electron chi connectivity index (χ1n) is 6.81. The fraction of sp³-hybridized carbons (Fsp3) is 0.0588. The van der Waals surface area contributed by atoms with Gasteiger partial charge >= 0.3 is 0 Å². The first-order chi connectivity index (χ1) is 10.7. The van der Waals surface area contributed by atoms with E-state index in [-0.39, 0.29) is 12.5 Å². The summed E-state index contributed by atoms with van der Waals surface area (Å²) in [5, 5.41) is 12.7. The summed E-state index contributed by atoms with van der Waals surface area (Å²) < 4.78 is 0. The number of rotatable bonds is 3. The summed E-state index contributed by atoms with van der Waals surface area (Å²) in [5.74, 6) is -0.205. The van der Waals surface area contributed by atoms with Crippen LogP contribution in [0.1, 0.15) is 11.1 Å². The third-order valence-corrected chi connectivity index (χ3v) is 3.70. The minimum absolute atomic E-state index is 0.0824. The van der Waals surface area contributed by atoms with Crippen molar-refractivity contribution in [1.82, 2.24) is 5.32 Å². The van der Waals surface area contributed by atoms with Crippen molar-refractivity contribution >= 4 is 35.0 Å². The van der Waals surface area contributed by atoms with Gasteiger partial charge in [0.15, 0.2) is 5.11 Å². The molecular formula is C17H14N2O2S. The quantitative estimate of drug-likeness (QED) is 0.675. The third-order valence-electron chi connectivity index (χ3n) is 3.42. The molecule has 1 fully saturated rings. The normalized spacial score (nSPS) is 16.2. The Balaban J connectivity index is 1.96. The topological polar surface area (TPSA) is 52.6 Å². The summed E-state index contributed by atoms with van der Waals surface area (Å²) in [6.45, 7) is -0.0824. The van der Waals surface area contributed by atoms with Crippen LogP contribution in [0.4, 0.5) is 5.69 Å². The molecule has 1 heterocycles. The number of anilines is 1. The lowest BCUT2D eigenvalue weighted by Gasteiger charge is -2.13. The van der Waals surface area contributed by atoms with Crippen molar-refractivity contribution in [3.8, 4) is 0 Å². The fourth-order valence-corrected chi connectivity index (χ4v) is 2.62. The summed E-state index contributed by atoms with van der Waals surface area (Å²) in [6.07, 6.45) is 1.71. The summed E-state index contributed by atoms with van der Waals surface area (Å²) in [6, 6.07) is 16.6. The Morgan fingerprint density at radius 1 is 1.09 bits per heavy atom. The van der Waals surface area contributed by atoms with Gasteiger partial charge in [-0.15, -0.1) is 0 Å². The minimum atomic E-state index is -0.205. The monoisotopic (exact) mass is 310 g/mol. The van der Waals surface area contributed by atoms with Gasteiger partial charge in [-0.25, -0.2) is 0 Å². The van der Waals surface area contributed by atoms with Crippen molar-refractivity contribution < 1.29 is 9.90 Å². The number of amides is 1. The van der Waals surface area contributed by atoms with Crippen LogP contribution in [0, 0.1) is 0 Å². The molecule has 0 atom stereocenters. The maximum atomic E-state index is 12.6. The average Bonchev–Trinajstić information content (AvgIpc) is 2.83. The number of para-hydroxylation sites is 1. The zero-order valence-corrected chi connectivity index (χ0v) is 12.5. The molecule has 2 N–H and O–H groups in total. The van der Waals surface area contributed by atoms with E-state index >= 15 is 0 Å². The van der Waals surface area contributed by atoms with E-state index in [9.17, 15) is 9.90 Å². The molecule has 1 aliphatic rings. The standard InChI is InChI=1S/C17H14N2O2S/c20-11-13-7-5-4-6-12(13)10-15-16(21)19(17(22)18-15)14-8-2-1-3-9-14/h1-10,20H,11H2,(H,18,22)/b15-10-. The molecular weight excluding hydrogens is 296 g/mol. The van der Waals surface area contributed by atoms with E-state index in [0.29, 0.717) is 10.8 Å². The number of hydrogen-bond donors (Lipinski definition) is 2. The second-order valence-electron chi connectivity index (χ2n) is 4.82. The summed E-state index contributed by atoms with van der Waals surface area (Å²) in [7, 11) is 0. The van der Waals surface area contributed by atoms with E-state index in [1.165, 1.54) is 4.90 Å². The Morgan fingerprint density at radius 3 is 2.50 bits per heavy atom.